The van der Waals surface area contributed by atoms with Crippen molar-refractivity contribution in [3.63, 3.8) is 0 Å². The lowest BCUT2D eigenvalue weighted by Crippen LogP contribution is -2.59. The van der Waals surface area contributed by atoms with Crippen molar-refractivity contribution >= 4 is 17.8 Å². The van der Waals surface area contributed by atoms with Gasteiger partial charge in [-0.05, 0) is 67.6 Å². The summed E-state index contributed by atoms with van der Waals surface area (Å²) >= 11 is 0. The summed E-state index contributed by atoms with van der Waals surface area (Å²) in [7, 11) is 0. The average molecular weight is 643 g/mol. The normalized spacial score (nSPS) is 25.0. The molecule has 246 valence electrons. The molecule has 1 heterocycles. The van der Waals surface area contributed by atoms with Gasteiger partial charge in [0.25, 0.3) is 5.91 Å². The van der Waals surface area contributed by atoms with Crippen LogP contribution in [0.1, 0.15) is 67.9 Å². The number of hydrogen-bond acceptors (Lipinski definition) is 5. The Morgan fingerprint density at radius 2 is 1.61 bits per heavy atom. The van der Waals surface area contributed by atoms with Crippen LogP contribution < -0.4 is 20.7 Å². The molecule has 9 heteroatoms. The van der Waals surface area contributed by atoms with Crippen LogP contribution >= 0.6 is 0 Å². The number of urea groups is 1. The highest BCUT2D eigenvalue weighted by Crippen LogP contribution is 2.22. The van der Waals surface area contributed by atoms with Crippen LogP contribution in [0.5, 0.6) is 5.75 Å². The lowest BCUT2D eigenvalue weighted by atomic mass is 9.92. The number of para-hydroxylation sites is 1. The highest BCUT2D eigenvalue weighted by Gasteiger charge is 2.35. The molecule has 4 rings (SSSR count). The number of rotatable bonds is 15. The number of benzene rings is 3. The number of ether oxygens (including phenoxy) is 1. The summed E-state index contributed by atoms with van der Waals surface area (Å²) < 4.78 is 123. The van der Waals surface area contributed by atoms with E-state index in [1.807, 2.05) is 6.07 Å². The molecule has 0 saturated carbocycles. The van der Waals surface area contributed by atoms with E-state index in [0.29, 0.717) is 16.9 Å². The Kier molecular flexibility index (Phi) is 7.30. The number of carbonyl (C=O) groups excluding carboxylic acids is 3. The van der Waals surface area contributed by atoms with Crippen LogP contribution in [0, 0.1) is 19.7 Å². The van der Waals surface area contributed by atoms with E-state index in [9.17, 15) is 20.9 Å². The largest absolute Gasteiger partial charge is 0.483 e. The minimum absolute atomic E-state index is 0.0185. The number of aryl methyl sites for hydroxylation is 2. The van der Waals surface area contributed by atoms with Crippen LogP contribution in [0.2, 0.25) is 0 Å². The molecule has 0 radical (unpaired) electrons. The first-order valence-corrected chi connectivity index (χ1v) is 14.7. The van der Waals surface area contributed by atoms with Crippen LogP contribution in [-0.4, -0.2) is 71.7 Å². The Bertz CT molecular complexity index is 1970. The number of nitrogens with one attached hydrogen (secondary N) is 3. The van der Waals surface area contributed by atoms with Gasteiger partial charge in [-0.2, -0.15) is 0 Å². The highest BCUT2D eigenvalue weighted by molar-refractivity contribution is 5.87. The number of aliphatic hydroxyl groups excluding tert-OH is 1. The predicted octanol–water partition coefficient (Wildman–Crippen LogP) is 4.33. The minimum Gasteiger partial charge on any atom is -0.483 e. The Balaban J connectivity index is 1.80. The zero-order chi connectivity index (χ0) is 45.3. The third-order valence-corrected chi connectivity index (χ3v) is 7.33. The second kappa shape index (κ2) is 16.8. The molecule has 4 amide bonds. The van der Waals surface area contributed by atoms with Crippen molar-refractivity contribution in [2.75, 3.05) is 19.6 Å². The molecule has 0 bridgehead atoms. The maximum atomic E-state index is 14.7. The summed E-state index contributed by atoms with van der Waals surface area (Å²) in [6.07, 6.45) is -6.22. The third-order valence-electron chi connectivity index (χ3n) is 7.33. The van der Waals surface area contributed by atoms with E-state index < -0.39 is 98.9 Å². The van der Waals surface area contributed by atoms with E-state index in [1.165, 1.54) is 5.32 Å². The van der Waals surface area contributed by atoms with Crippen molar-refractivity contribution in [1.82, 2.24) is 20.9 Å². The quantitative estimate of drug-likeness (QED) is 0.197. The molecular weight excluding hydrogens is 580 g/mol. The van der Waals surface area contributed by atoms with Crippen LogP contribution in [0.15, 0.2) is 78.9 Å². The second-order valence-corrected chi connectivity index (χ2v) is 10.9. The minimum atomic E-state index is -4.43. The molecule has 0 spiro atoms. The van der Waals surface area contributed by atoms with E-state index in [0.717, 1.165) is 11.1 Å². The molecule has 46 heavy (non-hydrogen) atoms. The molecule has 1 aliphatic heterocycles. The Morgan fingerprint density at radius 3 is 2.24 bits per heavy atom. The zero-order valence-electron chi connectivity index (χ0n) is 39.6. The van der Waals surface area contributed by atoms with Crippen LogP contribution in [0.3, 0.4) is 0 Å². The molecule has 3 aromatic rings. The average Bonchev–Trinajstić information content (AvgIpc) is 3.12. The molecule has 0 unspecified atom stereocenters. The second-order valence-electron chi connectivity index (χ2n) is 10.9. The smallest absolute Gasteiger partial charge is 0.318 e. The van der Waals surface area contributed by atoms with Gasteiger partial charge in [0, 0.05) is 36.9 Å². The number of nitrogens with zero attached hydrogens (tertiary/aromatic N) is 1. The summed E-state index contributed by atoms with van der Waals surface area (Å²) in [5.41, 5.74) is 2.67. The Morgan fingerprint density at radius 1 is 0.978 bits per heavy atom. The maximum absolute atomic E-state index is 14.7. The number of aliphatic hydroxyl groups is 1. The fourth-order valence-corrected chi connectivity index (χ4v) is 5.13. The van der Waals surface area contributed by atoms with Gasteiger partial charge in [-0.3, -0.25) is 9.59 Å². The topological polar surface area (TPSA) is 120 Å². The first-order chi connectivity index (χ1) is 27.5. The van der Waals surface area contributed by atoms with Crippen LogP contribution in [0.4, 0.5) is 4.79 Å². The number of amides is 4. The fourth-order valence-electron chi connectivity index (χ4n) is 5.13. The van der Waals surface area contributed by atoms with Crippen molar-refractivity contribution in [3.8, 4) is 5.75 Å². The monoisotopic (exact) mass is 642 g/mol. The van der Waals surface area contributed by atoms with Crippen molar-refractivity contribution < 1.29 is 43.4 Å². The lowest BCUT2D eigenvalue weighted by Gasteiger charge is -2.37. The summed E-state index contributed by atoms with van der Waals surface area (Å²) in [4.78, 5) is 41.0. The Labute approximate surface area is 292 Å². The molecule has 0 aromatic heterocycles. The molecule has 1 fully saturated rings. The first-order valence-electron chi connectivity index (χ1n) is 21.7. The van der Waals surface area contributed by atoms with Gasteiger partial charge in [0.05, 0.1) is 13.5 Å². The van der Waals surface area contributed by atoms with E-state index in [2.05, 4.69) is 10.6 Å². The van der Waals surface area contributed by atoms with Crippen LogP contribution in [0.25, 0.3) is 0 Å². The van der Waals surface area contributed by atoms with Gasteiger partial charge in [0.1, 0.15) is 11.8 Å². The molecule has 0 aliphatic carbocycles. The molecule has 3 aromatic carbocycles. The molecule has 4 N–H and O–H groups in total. The predicted molar refractivity (Wildman–Crippen MR) is 180 cm³/mol. The van der Waals surface area contributed by atoms with E-state index in [4.69, 9.17) is 22.6 Å². The van der Waals surface area contributed by atoms with Gasteiger partial charge in [0.2, 0.25) is 5.91 Å². The standard InChI is InChI=1S/C37H48N4O5/c1-25(2)34(41-20-12-19-38-37(41)45)36(44)39-30(21-28-15-7-5-8-16-28)23-32(42)31(22-29-17-9-6-10-18-29)40-33(43)24-46-35-26(3)13-11-14-27(35)4/h5-11,13-18,25,30-32,34,42H,12,19-24H2,1-4H3,(H,38,45)(H,39,44)(H,40,43)/t30-,31-,32-,34-/m0/s1/i1D3,2D3,12D2,19D2,20D2,25D,34D. The molecule has 1 aliphatic rings. The zero-order valence-corrected chi connectivity index (χ0v) is 25.6. The molecule has 4 atom stereocenters. The van der Waals surface area contributed by atoms with Gasteiger partial charge in [0.15, 0.2) is 6.61 Å². The molecule has 9 nitrogen and oxygen atoms in total. The van der Waals surface area contributed by atoms with Crippen molar-refractivity contribution in [2.24, 2.45) is 5.89 Å². The Hall–Kier alpha value is -4.37. The van der Waals surface area contributed by atoms with E-state index in [-0.39, 0.29) is 12.8 Å². The number of carbonyl (C=O) groups is 3. The summed E-state index contributed by atoms with van der Waals surface area (Å²) in [6.45, 7) is -13.0. The van der Waals surface area contributed by atoms with Crippen molar-refractivity contribution in [1.29, 1.82) is 0 Å². The number of hydrogen-bond donors (Lipinski definition) is 4. The van der Waals surface area contributed by atoms with Gasteiger partial charge in [-0.1, -0.05) is 92.6 Å². The van der Waals surface area contributed by atoms with Crippen molar-refractivity contribution in [2.45, 2.75) is 77.4 Å². The van der Waals surface area contributed by atoms with E-state index >= 15 is 0 Å². The SMILES string of the molecule is [2H]C([2H])([2H])C([2H])(C([2H])([2H])[2H])[C@@]([2H])(C(=O)N[C@@H](Cc1ccccc1)C[C@H](O)[C@H](Cc1ccccc1)NC(=O)COc1c(C)cccc1C)N1C(=O)NC([2H])([2H])C([2H])([2H])C1([2H])[2H]. The van der Waals surface area contributed by atoms with E-state index in [1.54, 1.807) is 86.6 Å². The highest BCUT2D eigenvalue weighted by atomic mass is 16.5. The van der Waals surface area contributed by atoms with Gasteiger partial charge in [-0.25, -0.2) is 4.79 Å². The fraction of sp³-hybridized carbons (Fsp3) is 0.432. The molecule has 1 saturated heterocycles. The molecular formula is C37H48N4O5. The summed E-state index contributed by atoms with van der Waals surface area (Å²) in [5.74, 6) is -6.67. The maximum Gasteiger partial charge on any atom is 0.318 e. The summed E-state index contributed by atoms with van der Waals surface area (Å²) in [6, 6.07) is 13.1. The van der Waals surface area contributed by atoms with Gasteiger partial charge >= 0.3 is 6.03 Å². The van der Waals surface area contributed by atoms with Crippen molar-refractivity contribution in [3.05, 3.63) is 101 Å². The summed E-state index contributed by atoms with van der Waals surface area (Å²) in [5, 5.41) is 18.4. The lowest BCUT2D eigenvalue weighted by molar-refractivity contribution is -0.128. The third kappa shape index (κ3) is 9.81. The van der Waals surface area contributed by atoms with Gasteiger partial charge < -0.3 is 30.7 Å². The first kappa shape index (κ1) is 20.0. The van der Waals surface area contributed by atoms with Gasteiger partial charge in [-0.15, -0.1) is 0 Å². The van der Waals surface area contributed by atoms with Crippen LogP contribution in [-0.2, 0) is 22.4 Å².